The summed E-state index contributed by atoms with van der Waals surface area (Å²) in [6.45, 7) is 2.60. The van der Waals surface area contributed by atoms with Crippen LogP contribution >= 0.6 is 15.9 Å². The van der Waals surface area contributed by atoms with Crippen LogP contribution in [0.2, 0.25) is 0 Å². The van der Waals surface area contributed by atoms with Crippen molar-refractivity contribution in [3.8, 4) is 0 Å². The number of likely N-dealkylation sites (N-methyl/N-ethyl adjacent to an activating group) is 1. The summed E-state index contributed by atoms with van der Waals surface area (Å²) >= 11 is 3.40. The fourth-order valence-electron chi connectivity index (χ4n) is 3.08. The minimum Gasteiger partial charge on any atom is -0.352 e. The quantitative estimate of drug-likeness (QED) is 0.777. The molecule has 2 N–H and O–H groups in total. The van der Waals surface area contributed by atoms with Crippen LogP contribution in [0.1, 0.15) is 32.6 Å². The van der Waals surface area contributed by atoms with Crippen LogP contribution in [-0.2, 0) is 9.59 Å². The summed E-state index contributed by atoms with van der Waals surface area (Å²) in [5.41, 5.74) is 0.733. The van der Waals surface area contributed by atoms with Gasteiger partial charge in [-0.15, -0.1) is 0 Å². The topological polar surface area (TPSA) is 61.4 Å². The number of amides is 2. The van der Waals surface area contributed by atoms with E-state index in [1.165, 1.54) is 19.3 Å². The van der Waals surface area contributed by atoms with E-state index in [4.69, 9.17) is 0 Å². The molecule has 5 nitrogen and oxygen atoms in total. The Hall–Kier alpha value is -1.40. The number of carbonyl (C=O) groups is 2. The lowest BCUT2D eigenvalue weighted by atomic mass is 9.86. The molecular formula is C18H26BrN3O2. The van der Waals surface area contributed by atoms with Gasteiger partial charge in [-0.1, -0.05) is 31.9 Å². The van der Waals surface area contributed by atoms with Gasteiger partial charge in [0.05, 0.1) is 18.8 Å². The van der Waals surface area contributed by atoms with E-state index in [0.717, 1.165) is 16.6 Å². The van der Waals surface area contributed by atoms with E-state index in [1.807, 2.05) is 24.3 Å². The first kappa shape index (κ1) is 18.9. The summed E-state index contributed by atoms with van der Waals surface area (Å²) in [4.78, 5) is 26.0. The normalized spacial score (nSPS) is 20.7. The standard InChI is InChI=1S/C18H26BrN3O2/c1-13-7-3-5-9-15(13)20-17(23)11-22(2)12-18(24)21-16-10-6-4-8-14(16)19/h4,6,8,10,13,15H,3,5,7,9,11-12H2,1-2H3,(H,20,23)(H,21,24). The molecule has 1 aliphatic carbocycles. The Morgan fingerprint density at radius 1 is 1.17 bits per heavy atom. The van der Waals surface area contributed by atoms with Gasteiger partial charge in [-0.05, 0) is 53.9 Å². The molecule has 6 heteroatoms. The van der Waals surface area contributed by atoms with Crippen molar-refractivity contribution < 1.29 is 9.59 Å². The Morgan fingerprint density at radius 3 is 2.54 bits per heavy atom. The molecule has 1 aromatic carbocycles. The highest BCUT2D eigenvalue weighted by Gasteiger charge is 2.23. The Labute approximate surface area is 152 Å². The highest BCUT2D eigenvalue weighted by atomic mass is 79.9. The lowest BCUT2D eigenvalue weighted by molar-refractivity contribution is -0.124. The number of para-hydroxylation sites is 1. The van der Waals surface area contributed by atoms with Crippen LogP contribution in [0.15, 0.2) is 28.7 Å². The largest absolute Gasteiger partial charge is 0.352 e. The Bertz CT molecular complexity index is 579. The first-order chi connectivity index (χ1) is 11.5. The van der Waals surface area contributed by atoms with Crippen LogP contribution in [0.5, 0.6) is 0 Å². The van der Waals surface area contributed by atoms with Gasteiger partial charge in [-0.2, -0.15) is 0 Å². The summed E-state index contributed by atoms with van der Waals surface area (Å²) in [5.74, 6) is 0.389. The highest BCUT2D eigenvalue weighted by molar-refractivity contribution is 9.10. The molecule has 0 radical (unpaired) electrons. The monoisotopic (exact) mass is 395 g/mol. The maximum absolute atomic E-state index is 12.2. The minimum absolute atomic E-state index is 0.00931. The zero-order chi connectivity index (χ0) is 17.5. The van der Waals surface area contributed by atoms with Crippen LogP contribution in [-0.4, -0.2) is 42.9 Å². The average molecular weight is 396 g/mol. The van der Waals surface area contributed by atoms with Gasteiger partial charge in [0.2, 0.25) is 11.8 Å². The molecular weight excluding hydrogens is 370 g/mol. The van der Waals surface area contributed by atoms with E-state index in [-0.39, 0.29) is 30.9 Å². The molecule has 2 rings (SSSR count). The van der Waals surface area contributed by atoms with Crippen LogP contribution < -0.4 is 10.6 Å². The summed E-state index contributed by atoms with van der Waals surface area (Å²) < 4.78 is 0.838. The average Bonchev–Trinajstić information content (AvgIpc) is 2.51. The van der Waals surface area contributed by atoms with Gasteiger partial charge >= 0.3 is 0 Å². The van der Waals surface area contributed by atoms with Crippen molar-refractivity contribution in [1.29, 1.82) is 0 Å². The zero-order valence-electron chi connectivity index (χ0n) is 14.3. The van der Waals surface area contributed by atoms with E-state index >= 15 is 0 Å². The first-order valence-electron chi connectivity index (χ1n) is 8.48. The molecule has 1 fully saturated rings. The summed E-state index contributed by atoms with van der Waals surface area (Å²) in [5, 5.41) is 5.96. The number of halogens is 1. The van der Waals surface area contributed by atoms with Crippen molar-refractivity contribution in [3.63, 3.8) is 0 Å². The van der Waals surface area contributed by atoms with E-state index in [1.54, 1.807) is 11.9 Å². The van der Waals surface area contributed by atoms with Crippen molar-refractivity contribution in [1.82, 2.24) is 10.2 Å². The fraction of sp³-hybridized carbons (Fsp3) is 0.556. The van der Waals surface area contributed by atoms with Gasteiger partial charge in [0.15, 0.2) is 0 Å². The second kappa shape index (κ2) is 9.18. The van der Waals surface area contributed by atoms with Crippen molar-refractivity contribution >= 4 is 33.4 Å². The summed E-state index contributed by atoms with van der Waals surface area (Å²) in [6.07, 6.45) is 4.66. The molecule has 2 unspecified atom stereocenters. The van der Waals surface area contributed by atoms with Gasteiger partial charge < -0.3 is 10.6 Å². The van der Waals surface area contributed by atoms with Gasteiger partial charge in [0.1, 0.15) is 0 Å². The third kappa shape index (κ3) is 5.91. The molecule has 0 saturated heterocycles. The molecule has 132 valence electrons. The molecule has 0 aliphatic heterocycles. The Kier molecular flexibility index (Phi) is 7.24. The lowest BCUT2D eigenvalue weighted by Crippen LogP contribution is -2.46. The molecule has 1 saturated carbocycles. The number of benzene rings is 1. The van der Waals surface area contributed by atoms with Gasteiger partial charge in [-0.25, -0.2) is 0 Å². The van der Waals surface area contributed by atoms with Crippen LogP contribution in [0.3, 0.4) is 0 Å². The first-order valence-corrected chi connectivity index (χ1v) is 9.27. The van der Waals surface area contributed by atoms with Crippen molar-refractivity contribution in [2.75, 3.05) is 25.5 Å². The summed E-state index contributed by atoms with van der Waals surface area (Å²) in [7, 11) is 1.78. The predicted octanol–water partition coefficient (Wildman–Crippen LogP) is 3.01. The second-order valence-corrected chi connectivity index (χ2v) is 7.49. The van der Waals surface area contributed by atoms with Crippen LogP contribution in [0.4, 0.5) is 5.69 Å². The van der Waals surface area contributed by atoms with Crippen LogP contribution in [0, 0.1) is 5.92 Å². The maximum Gasteiger partial charge on any atom is 0.238 e. The van der Waals surface area contributed by atoms with E-state index in [2.05, 4.69) is 33.5 Å². The maximum atomic E-state index is 12.2. The van der Waals surface area contributed by atoms with Gasteiger partial charge in [0.25, 0.3) is 0 Å². The number of carbonyl (C=O) groups excluding carboxylic acids is 2. The smallest absolute Gasteiger partial charge is 0.238 e. The van der Waals surface area contributed by atoms with Gasteiger partial charge in [-0.3, -0.25) is 14.5 Å². The predicted molar refractivity (Wildman–Crippen MR) is 99.8 cm³/mol. The Balaban J connectivity index is 1.75. The van der Waals surface area contributed by atoms with E-state index in [9.17, 15) is 9.59 Å². The molecule has 0 aromatic heterocycles. The zero-order valence-corrected chi connectivity index (χ0v) is 15.9. The SMILES string of the molecule is CC1CCCCC1NC(=O)CN(C)CC(=O)Nc1ccccc1Br. The van der Waals surface area contributed by atoms with Crippen molar-refractivity contribution in [2.45, 2.75) is 38.6 Å². The number of nitrogens with one attached hydrogen (secondary N) is 2. The summed E-state index contributed by atoms with van der Waals surface area (Å²) in [6, 6.07) is 7.73. The minimum atomic E-state index is -0.136. The third-order valence-electron chi connectivity index (χ3n) is 4.43. The number of hydrogen-bond acceptors (Lipinski definition) is 3. The highest BCUT2D eigenvalue weighted by Crippen LogP contribution is 2.23. The van der Waals surface area contributed by atoms with Crippen LogP contribution in [0.25, 0.3) is 0 Å². The molecule has 24 heavy (non-hydrogen) atoms. The van der Waals surface area contributed by atoms with Crippen molar-refractivity contribution in [2.24, 2.45) is 5.92 Å². The second-order valence-electron chi connectivity index (χ2n) is 6.64. The molecule has 2 amide bonds. The Morgan fingerprint density at radius 2 is 1.83 bits per heavy atom. The number of rotatable bonds is 6. The number of hydrogen-bond donors (Lipinski definition) is 2. The van der Waals surface area contributed by atoms with E-state index < -0.39 is 0 Å². The number of anilines is 1. The molecule has 0 heterocycles. The van der Waals surface area contributed by atoms with Crippen molar-refractivity contribution in [3.05, 3.63) is 28.7 Å². The third-order valence-corrected chi connectivity index (χ3v) is 5.12. The molecule has 1 aromatic rings. The molecule has 1 aliphatic rings. The van der Waals surface area contributed by atoms with E-state index in [0.29, 0.717) is 5.92 Å². The molecule has 0 spiro atoms. The molecule has 2 atom stereocenters. The lowest BCUT2D eigenvalue weighted by Gasteiger charge is -2.30. The van der Waals surface area contributed by atoms with Gasteiger partial charge in [0, 0.05) is 10.5 Å². The fourth-order valence-corrected chi connectivity index (χ4v) is 3.47. The number of nitrogens with zero attached hydrogens (tertiary/aromatic N) is 1. The molecule has 0 bridgehead atoms.